The molecule has 9 nitrogen and oxygen atoms in total. The summed E-state index contributed by atoms with van der Waals surface area (Å²) in [5, 5.41) is 0. The lowest BCUT2D eigenvalue weighted by molar-refractivity contribution is -0.274. The number of amides is 4. The molecule has 0 radical (unpaired) electrons. The van der Waals surface area contributed by atoms with E-state index in [0.717, 1.165) is 17.0 Å². The summed E-state index contributed by atoms with van der Waals surface area (Å²) >= 11 is 0. The molecule has 12 heteroatoms. The number of benzene rings is 2. The van der Waals surface area contributed by atoms with Crippen LogP contribution in [0.2, 0.25) is 0 Å². The first-order valence-electron chi connectivity index (χ1n) is 10.9. The number of anilines is 2. The third-order valence-corrected chi connectivity index (χ3v) is 5.55. The summed E-state index contributed by atoms with van der Waals surface area (Å²) in [7, 11) is 3.14. The number of urea groups is 1. The van der Waals surface area contributed by atoms with E-state index in [9.17, 15) is 27.6 Å². The van der Waals surface area contributed by atoms with Gasteiger partial charge in [0, 0.05) is 25.5 Å². The van der Waals surface area contributed by atoms with Gasteiger partial charge < -0.3 is 19.3 Å². The molecular weight excluding hydrogens is 493 g/mol. The first kappa shape index (κ1) is 25.5. The predicted molar refractivity (Wildman–Crippen MR) is 126 cm³/mol. The molecule has 4 amide bonds. The van der Waals surface area contributed by atoms with Crippen LogP contribution in [0.5, 0.6) is 11.5 Å². The van der Waals surface area contributed by atoms with Crippen molar-refractivity contribution in [2.75, 3.05) is 30.5 Å². The Morgan fingerprint density at radius 3 is 2.30 bits per heavy atom. The van der Waals surface area contributed by atoms with Gasteiger partial charge in [-0.15, -0.1) is 13.2 Å². The average molecular weight is 514 g/mol. The second-order valence-electron chi connectivity index (χ2n) is 8.02. The Kier molecular flexibility index (Phi) is 7.00. The van der Waals surface area contributed by atoms with Crippen molar-refractivity contribution in [3.63, 3.8) is 0 Å². The van der Waals surface area contributed by atoms with E-state index in [-0.39, 0.29) is 30.4 Å². The van der Waals surface area contributed by atoms with Crippen molar-refractivity contribution in [2.24, 2.45) is 0 Å². The number of pyridine rings is 1. The molecule has 3 aromatic rings. The molecule has 2 aromatic carbocycles. The van der Waals surface area contributed by atoms with Gasteiger partial charge >= 0.3 is 12.4 Å². The molecule has 37 heavy (non-hydrogen) atoms. The molecule has 0 N–H and O–H groups in total. The largest absolute Gasteiger partial charge is 0.573 e. The zero-order valence-electron chi connectivity index (χ0n) is 19.7. The fraction of sp³-hybridized carbons (Fsp3) is 0.200. The lowest BCUT2D eigenvalue weighted by Gasteiger charge is -2.19. The summed E-state index contributed by atoms with van der Waals surface area (Å²) in [6, 6.07) is 13.8. The van der Waals surface area contributed by atoms with Gasteiger partial charge in [0.25, 0.3) is 11.8 Å². The Hall–Kier alpha value is -4.61. The van der Waals surface area contributed by atoms with Crippen LogP contribution < -0.4 is 19.3 Å². The quantitative estimate of drug-likeness (QED) is 0.438. The van der Waals surface area contributed by atoms with Crippen molar-refractivity contribution < 1.29 is 37.0 Å². The van der Waals surface area contributed by atoms with E-state index >= 15 is 0 Å². The lowest BCUT2D eigenvalue weighted by Crippen LogP contribution is -2.33. The molecule has 1 aliphatic rings. The van der Waals surface area contributed by atoms with E-state index in [1.165, 1.54) is 34.2 Å². The number of methoxy groups -OCH3 is 1. The molecule has 192 valence electrons. The van der Waals surface area contributed by atoms with Gasteiger partial charge in [0.15, 0.2) is 0 Å². The molecule has 0 atom stereocenters. The van der Waals surface area contributed by atoms with E-state index < -0.39 is 24.1 Å². The second-order valence-corrected chi connectivity index (χ2v) is 8.02. The number of halogens is 3. The number of carbonyl (C=O) groups excluding carboxylic acids is 3. The highest BCUT2D eigenvalue weighted by atomic mass is 19.4. The average Bonchev–Trinajstić information content (AvgIpc) is 3.15. The van der Waals surface area contributed by atoms with Crippen molar-refractivity contribution in [2.45, 2.75) is 12.9 Å². The summed E-state index contributed by atoms with van der Waals surface area (Å²) in [6.07, 6.45) is -3.42. The van der Waals surface area contributed by atoms with E-state index in [4.69, 9.17) is 4.74 Å². The molecule has 4 rings (SSSR count). The summed E-state index contributed by atoms with van der Waals surface area (Å²) in [4.78, 5) is 46.1. The van der Waals surface area contributed by atoms with Gasteiger partial charge in [0.1, 0.15) is 23.7 Å². The summed E-state index contributed by atoms with van der Waals surface area (Å²) in [5.74, 6) is -0.743. The number of ether oxygens (including phenoxy) is 2. The molecule has 1 aromatic heterocycles. The monoisotopic (exact) mass is 514 g/mol. The maximum absolute atomic E-state index is 13.0. The van der Waals surface area contributed by atoms with Gasteiger partial charge in [-0.05, 0) is 66.2 Å². The van der Waals surface area contributed by atoms with Crippen molar-refractivity contribution in [3.8, 4) is 11.5 Å². The predicted octanol–water partition coefficient (Wildman–Crippen LogP) is 4.23. The summed E-state index contributed by atoms with van der Waals surface area (Å²) in [6.45, 7) is -0.220. The number of rotatable bonds is 7. The maximum Gasteiger partial charge on any atom is 0.573 e. The van der Waals surface area contributed by atoms with Gasteiger partial charge in [-0.3, -0.25) is 14.6 Å². The zero-order chi connectivity index (χ0) is 26.7. The molecule has 0 unspecified atom stereocenters. The minimum atomic E-state index is -4.86. The van der Waals surface area contributed by atoms with Gasteiger partial charge in [0.2, 0.25) is 0 Å². The molecule has 0 spiro atoms. The minimum Gasteiger partial charge on any atom is -0.497 e. The number of alkyl halides is 3. The number of hydrogen-bond donors (Lipinski definition) is 0. The van der Waals surface area contributed by atoms with Crippen LogP contribution >= 0.6 is 0 Å². The lowest BCUT2D eigenvalue weighted by atomic mass is 10.2. The second kappa shape index (κ2) is 10.2. The highest BCUT2D eigenvalue weighted by molar-refractivity contribution is 6.19. The Bertz CT molecular complexity index is 1310. The molecule has 0 aliphatic carbocycles. The SMILES string of the molecule is COc1ccc(N(C)C(=O)c2cc(CN3CC(=O)N(c4ccc(OC(F)(F)F)cc4)C3=O)ccn2)cc1. The Morgan fingerprint density at radius 1 is 1.03 bits per heavy atom. The first-order chi connectivity index (χ1) is 17.6. The molecule has 0 bridgehead atoms. The van der Waals surface area contributed by atoms with Crippen molar-refractivity contribution >= 4 is 29.2 Å². The van der Waals surface area contributed by atoms with Crippen LogP contribution in [0.4, 0.5) is 29.3 Å². The van der Waals surface area contributed by atoms with Crippen LogP contribution in [-0.2, 0) is 11.3 Å². The highest BCUT2D eigenvalue weighted by Crippen LogP contribution is 2.28. The van der Waals surface area contributed by atoms with Crippen LogP contribution in [0.1, 0.15) is 16.1 Å². The van der Waals surface area contributed by atoms with E-state index in [0.29, 0.717) is 17.0 Å². The smallest absolute Gasteiger partial charge is 0.497 e. The molecule has 2 heterocycles. The third-order valence-electron chi connectivity index (χ3n) is 5.55. The summed E-state index contributed by atoms with van der Waals surface area (Å²) in [5.41, 5.74) is 1.45. The minimum absolute atomic E-state index is 0.0192. The molecule has 1 aliphatic heterocycles. The molecule has 1 saturated heterocycles. The van der Waals surface area contributed by atoms with E-state index in [1.807, 2.05) is 0 Å². The van der Waals surface area contributed by atoms with Crippen LogP contribution in [0, 0.1) is 0 Å². The van der Waals surface area contributed by atoms with E-state index in [1.54, 1.807) is 44.5 Å². The number of carbonyl (C=O) groups is 3. The van der Waals surface area contributed by atoms with Gasteiger partial charge in [-0.1, -0.05) is 0 Å². The topological polar surface area (TPSA) is 92.3 Å². The number of aromatic nitrogens is 1. The van der Waals surface area contributed by atoms with Gasteiger partial charge in [0.05, 0.1) is 12.8 Å². The molecular formula is C25H21F3N4O5. The number of imide groups is 1. The van der Waals surface area contributed by atoms with Crippen LogP contribution in [0.15, 0.2) is 66.9 Å². The van der Waals surface area contributed by atoms with Gasteiger partial charge in [-0.2, -0.15) is 0 Å². The third kappa shape index (κ3) is 5.80. The summed E-state index contributed by atoms with van der Waals surface area (Å²) < 4.78 is 46.1. The number of hydrogen-bond acceptors (Lipinski definition) is 6. The van der Waals surface area contributed by atoms with Crippen LogP contribution in [0.25, 0.3) is 0 Å². The fourth-order valence-corrected chi connectivity index (χ4v) is 3.73. The van der Waals surface area contributed by atoms with Crippen molar-refractivity contribution in [1.82, 2.24) is 9.88 Å². The number of nitrogens with zero attached hydrogens (tertiary/aromatic N) is 4. The standard InChI is InChI=1S/C25H21F3N4O5/c1-30(17-3-7-19(36-2)8-4-17)23(34)21-13-16(11-12-29-21)14-31-15-22(33)32(24(31)35)18-5-9-20(10-6-18)37-25(26,27)28/h3-13H,14-15H2,1-2H3. The van der Waals surface area contributed by atoms with Crippen molar-refractivity contribution in [3.05, 3.63) is 78.1 Å². The maximum atomic E-state index is 13.0. The molecule has 0 saturated carbocycles. The zero-order valence-corrected chi connectivity index (χ0v) is 19.7. The fourth-order valence-electron chi connectivity index (χ4n) is 3.73. The van der Waals surface area contributed by atoms with Crippen LogP contribution in [-0.4, -0.2) is 54.8 Å². The normalized spacial score (nSPS) is 13.6. The Balaban J connectivity index is 1.45. The Morgan fingerprint density at radius 2 is 1.68 bits per heavy atom. The Labute approximate surface area is 209 Å². The van der Waals surface area contributed by atoms with Gasteiger partial charge in [-0.25, -0.2) is 9.69 Å². The first-order valence-corrected chi connectivity index (χ1v) is 10.9. The highest BCUT2D eigenvalue weighted by Gasteiger charge is 2.37. The van der Waals surface area contributed by atoms with Crippen LogP contribution in [0.3, 0.4) is 0 Å². The molecule has 1 fully saturated rings. The van der Waals surface area contributed by atoms with Crippen molar-refractivity contribution in [1.29, 1.82) is 0 Å². The van der Waals surface area contributed by atoms with E-state index in [2.05, 4.69) is 9.72 Å².